The first-order chi connectivity index (χ1) is 14.0. The van der Waals surface area contributed by atoms with E-state index in [4.69, 9.17) is 0 Å². The zero-order valence-electron chi connectivity index (χ0n) is 15.7. The highest BCUT2D eigenvalue weighted by molar-refractivity contribution is 9.10. The van der Waals surface area contributed by atoms with Crippen LogP contribution in [0.15, 0.2) is 53.5 Å². The number of rotatable bonds is 3. The van der Waals surface area contributed by atoms with Crippen LogP contribution >= 0.6 is 15.9 Å². The van der Waals surface area contributed by atoms with Gasteiger partial charge in [-0.25, -0.2) is 4.98 Å². The first-order valence-electron chi connectivity index (χ1n) is 9.71. The Kier molecular flexibility index (Phi) is 4.38. The Labute approximate surface area is 176 Å². The van der Waals surface area contributed by atoms with Crippen molar-refractivity contribution in [3.05, 3.63) is 64.8 Å². The SMILES string of the molecule is O=C(NC12CCC(CC1)N(C(=O)c1cncc(Br)c1)C2)c1cnc2ccccn12. The number of amides is 2. The van der Waals surface area contributed by atoms with Gasteiger partial charge in [-0.3, -0.25) is 19.0 Å². The minimum Gasteiger partial charge on any atom is -0.343 e. The van der Waals surface area contributed by atoms with Crippen molar-refractivity contribution in [3.63, 3.8) is 0 Å². The van der Waals surface area contributed by atoms with Crippen molar-refractivity contribution < 1.29 is 9.59 Å². The lowest BCUT2D eigenvalue weighted by atomic mass is 9.73. The predicted octanol–water partition coefficient (Wildman–Crippen LogP) is 3.06. The summed E-state index contributed by atoms with van der Waals surface area (Å²) in [5, 5.41) is 3.24. The number of pyridine rings is 2. The smallest absolute Gasteiger partial charge is 0.270 e. The second kappa shape index (κ2) is 6.95. The van der Waals surface area contributed by atoms with E-state index in [9.17, 15) is 9.59 Å². The van der Waals surface area contributed by atoms with Gasteiger partial charge in [0.2, 0.25) is 0 Å². The van der Waals surface area contributed by atoms with Crippen molar-refractivity contribution >= 4 is 33.4 Å². The van der Waals surface area contributed by atoms with Gasteiger partial charge >= 0.3 is 0 Å². The highest BCUT2D eigenvalue weighted by Gasteiger charge is 2.47. The molecular formula is C21H20BrN5O2. The number of piperidine rings is 2. The summed E-state index contributed by atoms with van der Waals surface area (Å²) in [5.41, 5.74) is 1.41. The molecule has 1 N–H and O–H groups in total. The Balaban J connectivity index is 1.39. The topological polar surface area (TPSA) is 79.6 Å². The summed E-state index contributed by atoms with van der Waals surface area (Å²) in [6.45, 7) is 0.519. The maximum Gasteiger partial charge on any atom is 0.270 e. The molecule has 2 amide bonds. The summed E-state index contributed by atoms with van der Waals surface area (Å²) in [4.78, 5) is 36.5. The molecule has 0 radical (unpaired) electrons. The summed E-state index contributed by atoms with van der Waals surface area (Å²) in [6, 6.07) is 7.65. The molecular weight excluding hydrogens is 434 g/mol. The largest absolute Gasteiger partial charge is 0.343 e. The van der Waals surface area contributed by atoms with E-state index in [0.29, 0.717) is 17.8 Å². The van der Waals surface area contributed by atoms with Crippen LogP contribution in [0.5, 0.6) is 0 Å². The lowest BCUT2D eigenvalue weighted by molar-refractivity contribution is 0.0115. The number of aromatic nitrogens is 3. The number of nitrogens with zero attached hydrogens (tertiary/aromatic N) is 4. The maximum absolute atomic E-state index is 13.1. The zero-order valence-corrected chi connectivity index (χ0v) is 17.3. The third-order valence-electron chi connectivity index (χ3n) is 6.07. The van der Waals surface area contributed by atoms with Gasteiger partial charge < -0.3 is 10.2 Å². The number of hydrogen-bond acceptors (Lipinski definition) is 4. The fourth-order valence-electron chi connectivity index (χ4n) is 4.58. The van der Waals surface area contributed by atoms with E-state index in [2.05, 4.69) is 31.2 Å². The summed E-state index contributed by atoms with van der Waals surface area (Å²) in [7, 11) is 0. The van der Waals surface area contributed by atoms with Crippen LogP contribution in [0.4, 0.5) is 0 Å². The molecule has 8 heteroatoms. The fraction of sp³-hybridized carbons (Fsp3) is 0.333. The van der Waals surface area contributed by atoms with Crippen LogP contribution < -0.4 is 5.32 Å². The minimum atomic E-state index is -0.403. The molecule has 3 aromatic heterocycles. The average Bonchev–Trinajstić information content (AvgIpc) is 3.18. The summed E-state index contributed by atoms with van der Waals surface area (Å²) >= 11 is 3.38. The molecule has 0 atom stereocenters. The van der Waals surface area contributed by atoms with E-state index in [1.807, 2.05) is 29.3 Å². The van der Waals surface area contributed by atoms with Gasteiger partial charge in [0.25, 0.3) is 11.8 Å². The van der Waals surface area contributed by atoms with Crippen molar-refractivity contribution in [3.8, 4) is 0 Å². The van der Waals surface area contributed by atoms with E-state index in [1.165, 1.54) is 0 Å². The number of nitrogens with one attached hydrogen (secondary N) is 1. The molecule has 2 bridgehead atoms. The number of hydrogen-bond donors (Lipinski definition) is 1. The summed E-state index contributed by atoms with van der Waals surface area (Å²) in [5.74, 6) is -0.183. The molecule has 3 aliphatic rings. The molecule has 1 aliphatic carbocycles. The summed E-state index contributed by atoms with van der Waals surface area (Å²) < 4.78 is 2.57. The average molecular weight is 454 g/mol. The standard InChI is InChI=1S/C21H20BrN5O2/c22-15-9-14(10-23-11-15)20(29)27-13-21(6-4-16(27)5-7-21)25-19(28)17-12-24-18-3-1-2-8-26(17)18/h1-3,8-12,16H,4-7,13H2,(H,25,28). The van der Waals surface area contributed by atoms with Crippen LogP contribution in [0.2, 0.25) is 0 Å². The van der Waals surface area contributed by atoms with E-state index in [1.54, 1.807) is 29.1 Å². The van der Waals surface area contributed by atoms with E-state index in [0.717, 1.165) is 35.8 Å². The van der Waals surface area contributed by atoms with Crippen LogP contribution in [0.25, 0.3) is 5.65 Å². The van der Waals surface area contributed by atoms with Crippen LogP contribution in [0, 0.1) is 0 Å². The lowest BCUT2D eigenvalue weighted by Gasteiger charge is -2.53. The molecule has 1 saturated carbocycles. The van der Waals surface area contributed by atoms with E-state index < -0.39 is 5.54 Å². The number of carbonyl (C=O) groups excluding carboxylic acids is 2. The Morgan fingerprint density at radius 3 is 2.79 bits per heavy atom. The second-order valence-electron chi connectivity index (χ2n) is 7.86. The molecule has 29 heavy (non-hydrogen) atoms. The van der Waals surface area contributed by atoms with Gasteiger partial charge in [0, 0.05) is 35.6 Å². The minimum absolute atomic E-state index is 0.0309. The first kappa shape index (κ1) is 18.3. The van der Waals surface area contributed by atoms with Gasteiger partial charge in [-0.2, -0.15) is 0 Å². The van der Waals surface area contributed by atoms with Crippen molar-refractivity contribution in [2.24, 2.45) is 0 Å². The molecule has 7 nitrogen and oxygen atoms in total. The zero-order chi connectivity index (χ0) is 20.0. The van der Waals surface area contributed by atoms with Gasteiger partial charge in [-0.15, -0.1) is 0 Å². The Hall–Kier alpha value is -2.74. The maximum atomic E-state index is 13.1. The van der Waals surface area contributed by atoms with Crippen molar-refractivity contribution in [2.45, 2.75) is 37.3 Å². The monoisotopic (exact) mass is 453 g/mol. The number of fused-ring (bicyclic) bond motifs is 4. The van der Waals surface area contributed by atoms with Crippen molar-refractivity contribution in [2.75, 3.05) is 6.54 Å². The highest BCUT2D eigenvalue weighted by Crippen LogP contribution is 2.39. The molecule has 2 saturated heterocycles. The Morgan fingerprint density at radius 2 is 2.00 bits per heavy atom. The number of imidazole rings is 1. The van der Waals surface area contributed by atoms with Gasteiger partial charge in [0.05, 0.1) is 17.3 Å². The molecule has 6 rings (SSSR count). The van der Waals surface area contributed by atoms with Gasteiger partial charge in [0.1, 0.15) is 11.3 Å². The second-order valence-corrected chi connectivity index (χ2v) is 8.78. The predicted molar refractivity (Wildman–Crippen MR) is 111 cm³/mol. The van der Waals surface area contributed by atoms with E-state index in [-0.39, 0.29) is 17.9 Å². The summed E-state index contributed by atoms with van der Waals surface area (Å²) in [6.07, 6.45) is 10.2. The Bertz CT molecular complexity index is 1100. The first-order valence-corrected chi connectivity index (χ1v) is 10.5. The van der Waals surface area contributed by atoms with Crippen LogP contribution in [0.1, 0.15) is 46.5 Å². The quantitative estimate of drug-likeness (QED) is 0.660. The molecule has 3 fully saturated rings. The third kappa shape index (κ3) is 3.21. The molecule has 0 spiro atoms. The molecule has 0 unspecified atom stereocenters. The van der Waals surface area contributed by atoms with Crippen LogP contribution in [0.3, 0.4) is 0 Å². The van der Waals surface area contributed by atoms with Crippen molar-refractivity contribution in [1.82, 2.24) is 24.6 Å². The van der Waals surface area contributed by atoms with Crippen LogP contribution in [-0.4, -0.2) is 49.2 Å². The normalized spacial score (nSPS) is 23.3. The molecule has 148 valence electrons. The van der Waals surface area contributed by atoms with Gasteiger partial charge in [-0.1, -0.05) is 6.07 Å². The fourth-order valence-corrected chi connectivity index (χ4v) is 4.95. The lowest BCUT2D eigenvalue weighted by Crippen LogP contribution is -2.66. The van der Waals surface area contributed by atoms with Crippen molar-refractivity contribution in [1.29, 1.82) is 0 Å². The highest BCUT2D eigenvalue weighted by atomic mass is 79.9. The molecule has 2 aliphatic heterocycles. The van der Waals surface area contributed by atoms with Gasteiger partial charge in [0.15, 0.2) is 0 Å². The molecule has 0 aromatic carbocycles. The molecule has 3 aromatic rings. The molecule has 5 heterocycles. The third-order valence-corrected chi connectivity index (χ3v) is 6.50. The van der Waals surface area contributed by atoms with Gasteiger partial charge in [-0.05, 0) is 59.8 Å². The Morgan fingerprint density at radius 1 is 1.17 bits per heavy atom. The van der Waals surface area contributed by atoms with E-state index >= 15 is 0 Å². The number of carbonyl (C=O) groups is 2. The number of halogens is 1. The van der Waals surface area contributed by atoms with Crippen LogP contribution in [-0.2, 0) is 0 Å².